The molecule has 134 valence electrons. The van der Waals surface area contributed by atoms with Crippen LogP contribution in [-0.4, -0.2) is 22.1 Å². The molecule has 0 radical (unpaired) electrons. The van der Waals surface area contributed by atoms with Crippen molar-refractivity contribution in [3.63, 3.8) is 0 Å². The highest BCUT2D eigenvalue weighted by molar-refractivity contribution is 5.73. The van der Waals surface area contributed by atoms with Gasteiger partial charge in [0.15, 0.2) is 11.5 Å². The number of halogens is 3. The average molecular weight is 363 g/mol. The van der Waals surface area contributed by atoms with Gasteiger partial charge in [0.05, 0.1) is 5.69 Å². The topological polar surface area (TPSA) is 79.4 Å². The van der Waals surface area contributed by atoms with Crippen LogP contribution in [0, 0.1) is 0 Å². The van der Waals surface area contributed by atoms with E-state index in [1.807, 2.05) is 5.10 Å². The fourth-order valence-corrected chi connectivity index (χ4v) is 2.57. The molecule has 0 amide bonds. The molecule has 0 unspecified atom stereocenters. The van der Waals surface area contributed by atoms with Gasteiger partial charge in [-0.1, -0.05) is 0 Å². The van der Waals surface area contributed by atoms with Gasteiger partial charge in [-0.2, -0.15) is 18.3 Å². The number of anilines is 2. The molecule has 4 rings (SSSR count). The Morgan fingerprint density at radius 3 is 2.46 bits per heavy atom. The van der Waals surface area contributed by atoms with Crippen molar-refractivity contribution in [3.05, 3.63) is 48.2 Å². The van der Waals surface area contributed by atoms with E-state index >= 15 is 0 Å². The first-order valence-electron chi connectivity index (χ1n) is 7.53. The molecule has 2 heterocycles. The Morgan fingerprint density at radius 2 is 1.73 bits per heavy atom. The third-order valence-electron chi connectivity index (χ3n) is 3.82. The molecule has 9 heteroatoms. The van der Waals surface area contributed by atoms with Gasteiger partial charge in [0, 0.05) is 29.1 Å². The number of nitrogens with one attached hydrogen (secondary N) is 2. The lowest BCUT2D eigenvalue weighted by Gasteiger charge is -2.09. The zero-order valence-electron chi connectivity index (χ0n) is 13.1. The molecule has 0 aliphatic carbocycles. The molecule has 2 aromatic carbocycles. The van der Waals surface area contributed by atoms with Crippen LogP contribution in [-0.2, 0) is 6.18 Å². The van der Waals surface area contributed by atoms with Crippen LogP contribution in [0.5, 0.6) is 17.2 Å². The highest BCUT2D eigenvalue weighted by atomic mass is 19.4. The molecule has 0 bridgehead atoms. The van der Waals surface area contributed by atoms with Crippen LogP contribution in [0.2, 0.25) is 0 Å². The summed E-state index contributed by atoms with van der Waals surface area (Å²) < 4.78 is 48.5. The second-order valence-electron chi connectivity index (χ2n) is 5.59. The standard InChI is InChI=1S/C17H12F3N3O3/c18-17(19,20)16-7-12(22-23-16)11-3-1-9(5-13(11)24)21-10-2-4-14-15(6-10)26-8-25-14/h1-7,21,24H,8H2,(H,22,23). The minimum atomic E-state index is -4.53. The number of aromatic amines is 1. The fraction of sp³-hybridized carbons (Fsp3) is 0.118. The predicted molar refractivity (Wildman–Crippen MR) is 86.5 cm³/mol. The van der Waals surface area contributed by atoms with Crippen molar-refractivity contribution in [2.45, 2.75) is 6.18 Å². The summed E-state index contributed by atoms with van der Waals surface area (Å²) in [5, 5.41) is 18.8. The number of phenolic OH excluding ortho intramolecular Hbond substituents is 1. The number of hydrogen-bond donors (Lipinski definition) is 3. The number of benzene rings is 2. The third-order valence-corrected chi connectivity index (χ3v) is 3.82. The summed E-state index contributed by atoms with van der Waals surface area (Å²) in [5.41, 5.74) is 0.476. The van der Waals surface area contributed by atoms with Crippen LogP contribution in [0.1, 0.15) is 5.69 Å². The lowest BCUT2D eigenvalue weighted by Crippen LogP contribution is -2.04. The van der Waals surface area contributed by atoms with Crippen molar-refractivity contribution in [1.82, 2.24) is 10.2 Å². The van der Waals surface area contributed by atoms with Gasteiger partial charge >= 0.3 is 6.18 Å². The maximum atomic E-state index is 12.7. The van der Waals surface area contributed by atoms with E-state index in [-0.39, 0.29) is 23.8 Å². The lowest BCUT2D eigenvalue weighted by molar-refractivity contribution is -0.141. The Kier molecular flexibility index (Phi) is 3.64. The van der Waals surface area contributed by atoms with E-state index in [0.29, 0.717) is 22.9 Å². The normalized spacial score (nSPS) is 13.0. The predicted octanol–water partition coefficient (Wildman–Crippen LogP) is 4.27. The first-order chi connectivity index (χ1) is 12.4. The zero-order chi connectivity index (χ0) is 18.3. The molecule has 0 saturated carbocycles. The number of ether oxygens (including phenoxy) is 2. The Labute approximate surface area is 145 Å². The highest BCUT2D eigenvalue weighted by Crippen LogP contribution is 2.37. The maximum Gasteiger partial charge on any atom is 0.432 e. The second kappa shape index (κ2) is 5.87. The van der Waals surface area contributed by atoms with Crippen LogP contribution < -0.4 is 14.8 Å². The van der Waals surface area contributed by atoms with Crippen molar-refractivity contribution in [3.8, 4) is 28.5 Å². The van der Waals surface area contributed by atoms with Crippen LogP contribution in [0.4, 0.5) is 24.5 Å². The fourth-order valence-electron chi connectivity index (χ4n) is 2.57. The summed E-state index contributed by atoms with van der Waals surface area (Å²) in [7, 11) is 0. The van der Waals surface area contributed by atoms with Crippen molar-refractivity contribution in [1.29, 1.82) is 0 Å². The van der Waals surface area contributed by atoms with E-state index in [0.717, 1.165) is 6.07 Å². The number of aromatic nitrogens is 2. The second-order valence-corrected chi connectivity index (χ2v) is 5.59. The minimum absolute atomic E-state index is 0.00412. The summed E-state index contributed by atoms with van der Waals surface area (Å²) >= 11 is 0. The van der Waals surface area contributed by atoms with Crippen LogP contribution >= 0.6 is 0 Å². The van der Waals surface area contributed by atoms with Gasteiger partial charge in [0.25, 0.3) is 0 Å². The molecule has 3 N–H and O–H groups in total. The molecular formula is C17H12F3N3O3. The molecule has 0 saturated heterocycles. The summed E-state index contributed by atoms with van der Waals surface area (Å²) in [6, 6.07) is 10.6. The monoisotopic (exact) mass is 363 g/mol. The van der Waals surface area contributed by atoms with Gasteiger partial charge in [0.1, 0.15) is 11.4 Å². The van der Waals surface area contributed by atoms with Gasteiger partial charge in [-0.15, -0.1) is 0 Å². The number of phenols is 1. The number of fused-ring (bicyclic) bond motifs is 1. The van der Waals surface area contributed by atoms with Crippen molar-refractivity contribution in [2.75, 3.05) is 12.1 Å². The quantitative estimate of drug-likeness (QED) is 0.648. The third kappa shape index (κ3) is 2.99. The highest BCUT2D eigenvalue weighted by Gasteiger charge is 2.33. The van der Waals surface area contributed by atoms with Crippen molar-refractivity contribution in [2.24, 2.45) is 0 Å². The van der Waals surface area contributed by atoms with Gasteiger partial charge in [-0.25, -0.2) is 0 Å². The number of rotatable bonds is 3. The Morgan fingerprint density at radius 1 is 1.00 bits per heavy atom. The Hall–Kier alpha value is -3.36. The largest absolute Gasteiger partial charge is 0.507 e. The summed E-state index contributed by atoms with van der Waals surface area (Å²) in [5.74, 6) is 1.05. The van der Waals surface area contributed by atoms with Crippen molar-refractivity contribution < 1.29 is 27.8 Å². The van der Waals surface area contributed by atoms with Gasteiger partial charge in [-0.3, -0.25) is 5.10 Å². The van der Waals surface area contributed by atoms with Gasteiger partial charge < -0.3 is 19.9 Å². The molecule has 6 nitrogen and oxygen atoms in total. The average Bonchev–Trinajstić information content (AvgIpc) is 3.23. The summed E-state index contributed by atoms with van der Waals surface area (Å²) in [4.78, 5) is 0. The molecule has 3 aromatic rings. The van der Waals surface area contributed by atoms with Crippen molar-refractivity contribution >= 4 is 11.4 Å². The molecule has 1 aliphatic heterocycles. The molecule has 1 aliphatic rings. The Bertz CT molecular complexity index is 969. The molecule has 0 atom stereocenters. The van der Waals surface area contributed by atoms with E-state index in [2.05, 4.69) is 10.4 Å². The molecule has 26 heavy (non-hydrogen) atoms. The molecule has 1 aromatic heterocycles. The van der Waals surface area contributed by atoms with Gasteiger partial charge in [-0.05, 0) is 30.3 Å². The molecule has 0 fully saturated rings. The van der Waals surface area contributed by atoms with E-state index in [4.69, 9.17) is 9.47 Å². The first-order valence-corrected chi connectivity index (χ1v) is 7.53. The van der Waals surface area contributed by atoms with Crippen LogP contribution in [0.25, 0.3) is 11.3 Å². The summed E-state index contributed by atoms with van der Waals surface area (Å²) in [6.45, 7) is 0.165. The lowest BCUT2D eigenvalue weighted by atomic mass is 10.1. The first kappa shape index (κ1) is 16.1. The minimum Gasteiger partial charge on any atom is -0.507 e. The smallest absolute Gasteiger partial charge is 0.432 e. The molecule has 0 spiro atoms. The number of aromatic hydroxyl groups is 1. The Balaban J connectivity index is 1.57. The molecular weight excluding hydrogens is 351 g/mol. The van der Waals surface area contributed by atoms with Gasteiger partial charge in [0.2, 0.25) is 6.79 Å². The zero-order valence-corrected chi connectivity index (χ0v) is 13.1. The van der Waals surface area contributed by atoms with E-state index < -0.39 is 11.9 Å². The number of alkyl halides is 3. The van der Waals surface area contributed by atoms with E-state index in [1.165, 1.54) is 12.1 Å². The summed E-state index contributed by atoms with van der Waals surface area (Å²) in [6.07, 6.45) is -4.53. The number of nitrogens with zero attached hydrogens (tertiary/aromatic N) is 1. The van der Waals surface area contributed by atoms with E-state index in [9.17, 15) is 18.3 Å². The number of H-pyrrole nitrogens is 1. The van der Waals surface area contributed by atoms with Crippen LogP contribution in [0.15, 0.2) is 42.5 Å². The van der Waals surface area contributed by atoms with E-state index in [1.54, 1.807) is 24.3 Å². The maximum absolute atomic E-state index is 12.7. The number of hydrogen-bond acceptors (Lipinski definition) is 5. The SMILES string of the molecule is Oc1cc(Nc2ccc3c(c2)OCO3)ccc1-c1cc(C(F)(F)F)[nH]n1. The van der Waals surface area contributed by atoms with Crippen LogP contribution in [0.3, 0.4) is 0 Å².